The van der Waals surface area contributed by atoms with Crippen molar-refractivity contribution in [1.29, 1.82) is 0 Å². The molecule has 22 heavy (non-hydrogen) atoms. The lowest BCUT2D eigenvalue weighted by molar-refractivity contribution is 0.741. The summed E-state index contributed by atoms with van der Waals surface area (Å²) < 4.78 is 0. The highest BCUT2D eigenvalue weighted by Crippen LogP contribution is 2.56. The van der Waals surface area contributed by atoms with Crippen LogP contribution in [0, 0.1) is 5.41 Å². The molecule has 0 atom stereocenters. The average Bonchev–Trinajstić information content (AvgIpc) is 3.32. The summed E-state index contributed by atoms with van der Waals surface area (Å²) in [6.07, 6.45) is 2.12. The van der Waals surface area contributed by atoms with Crippen LogP contribution in [0.25, 0.3) is 0 Å². The topological polar surface area (TPSA) is 24.1 Å². The predicted octanol–water partition coefficient (Wildman–Crippen LogP) is 3.81. The summed E-state index contributed by atoms with van der Waals surface area (Å²) in [4.78, 5) is 0. The molecule has 2 aromatic carbocycles. The van der Waals surface area contributed by atoms with Gasteiger partial charge in [0.25, 0.3) is 0 Å². The third-order valence-electron chi connectivity index (χ3n) is 4.18. The van der Waals surface area contributed by atoms with Gasteiger partial charge < -0.3 is 10.6 Å². The van der Waals surface area contributed by atoms with Gasteiger partial charge in [0, 0.05) is 28.2 Å². The van der Waals surface area contributed by atoms with Crippen molar-refractivity contribution in [3.8, 4) is 0 Å². The Morgan fingerprint density at radius 2 is 1.32 bits per heavy atom. The first-order valence-corrected chi connectivity index (χ1v) is 7.43. The molecule has 2 N–H and O–H groups in total. The lowest BCUT2D eigenvalue weighted by atomic mass is 9.95. The minimum Gasteiger partial charge on any atom is -0.359 e. The third kappa shape index (κ3) is 2.94. The molecular formula is C19H19BN2. The van der Waals surface area contributed by atoms with Crippen LogP contribution in [-0.2, 0) is 0 Å². The van der Waals surface area contributed by atoms with Gasteiger partial charge in [-0.05, 0) is 37.1 Å². The minimum absolute atomic E-state index is 0.0722. The van der Waals surface area contributed by atoms with E-state index < -0.39 is 0 Å². The molecule has 3 rings (SSSR count). The van der Waals surface area contributed by atoms with Gasteiger partial charge in [-0.2, -0.15) is 0 Å². The van der Waals surface area contributed by atoms with E-state index in [9.17, 15) is 0 Å². The highest BCUT2D eigenvalue weighted by molar-refractivity contribution is 6.32. The molecule has 0 aromatic heterocycles. The van der Waals surface area contributed by atoms with Crippen molar-refractivity contribution >= 4 is 24.7 Å². The summed E-state index contributed by atoms with van der Waals surface area (Å²) in [6, 6.07) is 17.8. The summed E-state index contributed by atoms with van der Waals surface area (Å²) in [6.45, 7) is 8.46. The first-order valence-electron chi connectivity index (χ1n) is 7.43. The number of anilines is 2. The summed E-state index contributed by atoms with van der Waals surface area (Å²) in [5, 5.41) is 6.79. The van der Waals surface area contributed by atoms with E-state index in [0.717, 1.165) is 41.1 Å². The maximum atomic E-state index is 5.72. The smallest absolute Gasteiger partial charge is 0.113 e. The van der Waals surface area contributed by atoms with Crippen molar-refractivity contribution in [2.45, 2.75) is 12.8 Å². The number of rotatable bonds is 6. The molecule has 0 saturated heterocycles. The van der Waals surface area contributed by atoms with Gasteiger partial charge in [-0.3, -0.25) is 0 Å². The monoisotopic (exact) mass is 286 g/mol. The largest absolute Gasteiger partial charge is 0.359 e. The molecule has 0 amide bonds. The number of benzene rings is 2. The Morgan fingerprint density at radius 1 is 0.818 bits per heavy atom. The van der Waals surface area contributed by atoms with Crippen molar-refractivity contribution < 1.29 is 0 Å². The highest BCUT2D eigenvalue weighted by atomic mass is 15.0. The molecule has 3 heteroatoms. The standard InChI is InChI=1S/C19H19BN2/c1-14(21-17-6-4-3-5-7-17)19(12-13-19)15(2)22-18-10-8-16(20)9-11-18/h3-11,21-22H,1-2,12-13H2. The van der Waals surface area contributed by atoms with Gasteiger partial charge in [0.05, 0.1) is 0 Å². The van der Waals surface area contributed by atoms with E-state index in [1.807, 2.05) is 54.6 Å². The van der Waals surface area contributed by atoms with E-state index >= 15 is 0 Å². The zero-order chi connectivity index (χ0) is 15.6. The van der Waals surface area contributed by atoms with Crippen molar-refractivity contribution in [3.05, 3.63) is 79.1 Å². The average molecular weight is 286 g/mol. The molecule has 0 spiro atoms. The van der Waals surface area contributed by atoms with Gasteiger partial charge in [-0.25, -0.2) is 0 Å². The molecule has 1 saturated carbocycles. The highest BCUT2D eigenvalue weighted by Gasteiger charge is 2.48. The Labute approximate surface area is 133 Å². The molecule has 2 aromatic rings. The van der Waals surface area contributed by atoms with Crippen LogP contribution < -0.4 is 16.1 Å². The summed E-state index contributed by atoms with van der Waals surface area (Å²) in [5.41, 5.74) is 4.71. The zero-order valence-corrected chi connectivity index (χ0v) is 12.6. The van der Waals surface area contributed by atoms with Crippen LogP contribution in [0.5, 0.6) is 0 Å². The van der Waals surface area contributed by atoms with Gasteiger partial charge in [0.1, 0.15) is 7.85 Å². The van der Waals surface area contributed by atoms with Crippen LogP contribution in [0.1, 0.15) is 12.8 Å². The molecule has 2 radical (unpaired) electrons. The van der Waals surface area contributed by atoms with Gasteiger partial charge >= 0.3 is 0 Å². The molecule has 108 valence electrons. The van der Waals surface area contributed by atoms with E-state index in [-0.39, 0.29) is 5.41 Å². The quantitative estimate of drug-likeness (QED) is 0.789. The Bertz CT molecular complexity index is 685. The van der Waals surface area contributed by atoms with E-state index in [1.54, 1.807) is 0 Å². The summed E-state index contributed by atoms with van der Waals surface area (Å²) >= 11 is 0. The lowest BCUT2D eigenvalue weighted by Crippen LogP contribution is -2.19. The first-order chi connectivity index (χ1) is 10.6. The third-order valence-corrected chi connectivity index (χ3v) is 4.18. The van der Waals surface area contributed by atoms with Gasteiger partial charge in [-0.1, -0.05) is 49.0 Å². The normalized spacial score (nSPS) is 14.9. The number of hydrogen-bond donors (Lipinski definition) is 2. The van der Waals surface area contributed by atoms with Crippen molar-refractivity contribution in [2.24, 2.45) is 5.41 Å². The molecule has 0 bridgehead atoms. The maximum absolute atomic E-state index is 5.72. The molecule has 2 nitrogen and oxygen atoms in total. The van der Waals surface area contributed by atoms with E-state index in [2.05, 4.69) is 23.8 Å². The molecule has 1 aliphatic rings. The van der Waals surface area contributed by atoms with Crippen LogP contribution in [0.4, 0.5) is 11.4 Å². The Balaban J connectivity index is 1.68. The molecule has 1 aliphatic carbocycles. The van der Waals surface area contributed by atoms with E-state index in [1.165, 1.54) is 0 Å². The summed E-state index contributed by atoms with van der Waals surface area (Å²) in [5.74, 6) is 0. The Kier molecular flexibility index (Phi) is 3.80. The van der Waals surface area contributed by atoms with E-state index in [4.69, 9.17) is 7.85 Å². The molecule has 0 heterocycles. The van der Waals surface area contributed by atoms with Gasteiger partial charge in [0.2, 0.25) is 0 Å². The zero-order valence-electron chi connectivity index (χ0n) is 12.6. The fourth-order valence-electron chi connectivity index (χ4n) is 2.59. The van der Waals surface area contributed by atoms with Crippen LogP contribution >= 0.6 is 0 Å². The van der Waals surface area contributed by atoms with Crippen LogP contribution in [-0.4, -0.2) is 7.85 Å². The Hall–Kier alpha value is -2.42. The fraction of sp³-hybridized carbons (Fsp3) is 0.158. The summed E-state index contributed by atoms with van der Waals surface area (Å²) in [7, 11) is 5.72. The SMILES string of the molecule is [B]c1ccc(NC(=C)C2(C(=C)Nc3ccccc3)CC2)cc1. The van der Waals surface area contributed by atoms with Crippen LogP contribution in [0.15, 0.2) is 79.1 Å². The molecule has 1 fully saturated rings. The van der Waals surface area contributed by atoms with Gasteiger partial charge in [-0.15, -0.1) is 0 Å². The van der Waals surface area contributed by atoms with Crippen molar-refractivity contribution in [1.82, 2.24) is 0 Å². The number of para-hydroxylation sites is 1. The van der Waals surface area contributed by atoms with E-state index in [0.29, 0.717) is 0 Å². The predicted molar refractivity (Wildman–Crippen MR) is 95.5 cm³/mol. The second-order valence-electron chi connectivity index (χ2n) is 5.78. The second kappa shape index (κ2) is 5.76. The Morgan fingerprint density at radius 3 is 1.82 bits per heavy atom. The fourth-order valence-corrected chi connectivity index (χ4v) is 2.59. The lowest BCUT2D eigenvalue weighted by Gasteiger charge is -2.24. The molecule has 0 unspecified atom stereocenters. The number of hydrogen-bond acceptors (Lipinski definition) is 2. The van der Waals surface area contributed by atoms with Crippen LogP contribution in [0.3, 0.4) is 0 Å². The van der Waals surface area contributed by atoms with Gasteiger partial charge in [0.15, 0.2) is 0 Å². The minimum atomic E-state index is -0.0722. The maximum Gasteiger partial charge on any atom is 0.113 e. The molecule has 0 aliphatic heterocycles. The second-order valence-corrected chi connectivity index (χ2v) is 5.78. The van der Waals surface area contributed by atoms with Crippen LogP contribution in [0.2, 0.25) is 0 Å². The van der Waals surface area contributed by atoms with Crippen molar-refractivity contribution in [3.63, 3.8) is 0 Å². The number of nitrogens with one attached hydrogen (secondary N) is 2. The molecular weight excluding hydrogens is 267 g/mol. The van der Waals surface area contributed by atoms with Crippen molar-refractivity contribution in [2.75, 3.05) is 10.6 Å². The first kappa shape index (κ1) is 14.5.